The third-order valence-corrected chi connectivity index (χ3v) is 3.86. The molecule has 1 aliphatic heterocycles. The highest BCUT2D eigenvalue weighted by Crippen LogP contribution is 2.33. The van der Waals surface area contributed by atoms with Crippen molar-refractivity contribution in [3.05, 3.63) is 47.7 Å². The van der Waals surface area contributed by atoms with Crippen LogP contribution in [0, 0.1) is 5.92 Å². The fourth-order valence-corrected chi connectivity index (χ4v) is 2.71. The van der Waals surface area contributed by atoms with Crippen LogP contribution in [0.25, 0.3) is 6.08 Å². The number of hydrogen-bond acceptors (Lipinski definition) is 2. The second-order valence-corrected chi connectivity index (χ2v) is 5.38. The van der Waals surface area contributed by atoms with Crippen LogP contribution in [0.5, 0.6) is 5.75 Å². The Bertz CT molecular complexity index is 542. The van der Waals surface area contributed by atoms with Crippen molar-refractivity contribution in [1.82, 2.24) is 0 Å². The molecule has 3 rings (SSSR count). The summed E-state index contributed by atoms with van der Waals surface area (Å²) in [5, 5.41) is 0. The molecular formula is C17H19NO. The van der Waals surface area contributed by atoms with Crippen LogP contribution >= 0.6 is 0 Å². The summed E-state index contributed by atoms with van der Waals surface area (Å²) in [6.45, 7) is 2.30. The average molecular weight is 253 g/mol. The van der Waals surface area contributed by atoms with E-state index in [9.17, 15) is 0 Å². The summed E-state index contributed by atoms with van der Waals surface area (Å²) in [5.74, 6) is 1.69. The lowest BCUT2D eigenvalue weighted by molar-refractivity contribution is 0.176. The molecule has 1 aliphatic carbocycles. The molecule has 0 radical (unpaired) electrons. The number of nitrogens with zero attached hydrogens (tertiary/aromatic N) is 1. The number of allylic oxidation sites excluding steroid dienone is 1. The first-order valence-electron chi connectivity index (χ1n) is 6.97. The van der Waals surface area contributed by atoms with Gasteiger partial charge in [0.15, 0.2) is 0 Å². The van der Waals surface area contributed by atoms with Gasteiger partial charge in [0.1, 0.15) is 11.9 Å². The van der Waals surface area contributed by atoms with Crippen molar-refractivity contribution in [2.45, 2.75) is 32.3 Å². The molecule has 1 aromatic rings. The first-order valence-corrected chi connectivity index (χ1v) is 6.97. The van der Waals surface area contributed by atoms with Crippen LogP contribution in [-0.4, -0.2) is 12.3 Å². The van der Waals surface area contributed by atoms with Crippen LogP contribution in [0.3, 0.4) is 0 Å². The van der Waals surface area contributed by atoms with E-state index in [0.29, 0.717) is 0 Å². The second kappa shape index (κ2) is 5.43. The molecule has 19 heavy (non-hydrogen) atoms. The standard InChI is InChI=1S/C17H19NO/c1-13-6-7-15-9-11-18-10-8-14-4-2-3-5-16(14)19-17(15)12-13/h2-5,8-11,13,17H,6-7,12H2,1H3. The minimum absolute atomic E-state index is 0.197. The Morgan fingerprint density at radius 3 is 3.11 bits per heavy atom. The molecule has 0 N–H and O–H groups in total. The summed E-state index contributed by atoms with van der Waals surface area (Å²) in [5.41, 5.74) is 2.46. The topological polar surface area (TPSA) is 21.6 Å². The molecule has 2 atom stereocenters. The van der Waals surface area contributed by atoms with Gasteiger partial charge in [-0.15, -0.1) is 0 Å². The Kier molecular flexibility index (Phi) is 3.49. The molecule has 98 valence electrons. The van der Waals surface area contributed by atoms with Gasteiger partial charge in [-0.05, 0) is 49.0 Å². The Hall–Kier alpha value is -1.83. The van der Waals surface area contributed by atoms with Crippen LogP contribution < -0.4 is 4.74 Å². The summed E-state index contributed by atoms with van der Waals surface area (Å²) in [6.07, 6.45) is 11.5. The zero-order chi connectivity index (χ0) is 13.1. The third-order valence-electron chi connectivity index (χ3n) is 3.86. The van der Waals surface area contributed by atoms with Crippen LogP contribution in [0.4, 0.5) is 0 Å². The predicted octanol–water partition coefficient (Wildman–Crippen LogP) is 4.24. The van der Waals surface area contributed by atoms with Gasteiger partial charge in [-0.2, -0.15) is 0 Å². The van der Waals surface area contributed by atoms with E-state index in [4.69, 9.17) is 4.74 Å². The largest absolute Gasteiger partial charge is 0.485 e. The minimum atomic E-state index is 0.197. The van der Waals surface area contributed by atoms with Crippen molar-refractivity contribution < 1.29 is 4.74 Å². The van der Waals surface area contributed by atoms with Gasteiger partial charge in [-0.3, -0.25) is 4.99 Å². The minimum Gasteiger partial charge on any atom is -0.485 e. The van der Waals surface area contributed by atoms with Gasteiger partial charge in [0, 0.05) is 18.0 Å². The van der Waals surface area contributed by atoms with Gasteiger partial charge in [-0.1, -0.05) is 25.1 Å². The molecule has 2 unspecified atom stereocenters. The number of para-hydroxylation sites is 1. The highest BCUT2D eigenvalue weighted by atomic mass is 16.5. The third kappa shape index (κ3) is 2.78. The van der Waals surface area contributed by atoms with E-state index < -0.39 is 0 Å². The molecular weight excluding hydrogens is 234 g/mol. The van der Waals surface area contributed by atoms with Gasteiger partial charge in [-0.25, -0.2) is 0 Å². The predicted molar refractivity (Wildman–Crippen MR) is 79.5 cm³/mol. The molecule has 1 fully saturated rings. The van der Waals surface area contributed by atoms with Crippen LogP contribution in [0.15, 0.2) is 47.1 Å². The Labute approximate surface area is 114 Å². The average Bonchev–Trinajstić information content (AvgIpc) is 2.42. The number of aliphatic imine (C=N–C) groups is 1. The maximum atomic E-state index is 6.27. The van der Waals surface area contributed by atoms with Crippen molar-refractivity contribution in [3.63, 3.8) is 0 Å². The summed E-state index contributed by atoms with van der Waals surface area (Å²) in [4.78, 5) is 4.30. The van der Waals surface area contributed by atoms with E-state index in [2.05, 4.69) is 24.1 Å². The smallest absolute Gasteiger partial charge is 0.127 e. The van der Waals surface area contributed by atoms with Gasteiger partial charge in [0.2, 0.25) is 0 Å². The van der Waals surface area contributed by atoms with Crippen molar-refractivity contribution in [3.8, 4) is 5.75 Å². The maximum Gasteiger partial charge on any atom is 0.127 e. The number of fused-ring (bicyclic) bond motifs is 2. The zero-order valence-electron chi connectivity index (χ0n) is 11.3. The molecule has 0 spiro atoms. The number of benzene rings is 1. The lowest BCUT2D eigenvalue weighted by Gasteiger charge is -2.30. The molecule has 1 saturated carbocycles. The van der Waals surface area contributed by atoms with Gasteiger partial charge in [0.05, 0.1) is 0 Å². The normalized spacial score (nSPS) is 25.8. The first-order chi connectivity index (χ1) is 9.33. The van der Waals surface area contributed by atoms with E-state index in [1.165, 1.54) is 12.0 Å². The van der Waals surface area contributed by atoms with E-state index in [0.717, 1.165) is 30.1 Å². The van der Waals surface area contributed by atoms with Gasteiger partial charge < -0.3 is 4.74 Å². The quantitative estimate of drug-likeness (QED) is 0.678. The molecule has 0 aromatic heterocycles. The molecule has 0 bridgehead atoms. The number of rotatable bonds is 0. The van der Waals surface area contributed by atoms with Crippen LogP contribution in [0.1, 0.15) is 31.7 Å². The fraction of sp³-hybridized carbons (Fsp3) is 0.353. The molecule has 0 amide bonds. The lowest BCUT2D eigenvalue weighted by Crippen LogP contribution is -2.27. The van der Waals surface area contributed by atoms with Crippen molar-refractivity contribution >= 4 is 12.3 Å². The van der Waals surface area contributed by atoms with Crippen molar-refractivity contribution in [2.75, 3.05) is 0 Å². The van der Waals surface area contributed by atoms with Crippen molar-refractivity contribution in [2.24, 2.45) is 10.9 Å². The zero-order valence-corrected chi connectivity index (χ0v) is 11.3. The Morgan fingerprint density at radius 2 is 2.16 bits per heavy atom. The Balaban J connectivity index is 1.98. The maximum absolute atomic E-state index is 6.27. The van der Waals surface area contributed by atoms with E-state index in [1.54, 1.807) is 0 Å². The highest BCUT2D eigenvalue weighted by Gasteiger charge is 2.25. The van der Waals surface area contributed by atoms with Crippen LogP contribution in [-0.2, 0) is 0 Å². The summed E-state index contributed by atoms with van der Waals surface area (Å²) >= 11 is 0. The van der Waals surface area contributed by atoms with Crippen LogP contribution in [0.2, 0.25) is 0 Å². The summed E-state index contributed by atoms with van der Waals surface area (Å²) in [6, 6.07) is 8.17. The van der Waals surface area contributed by atoms with Crippen molar-refractivity contribution in [1.29, 1.82) is 0 Å². The Morgan fingerprint density at radius 1 is 1.26 bits per heavy atom. The lowest BCUT2D eigenvalue weighted by atomic mass is 9.84. The summed E-state index contributed by atoms with van der Waals surface area (Å²) < 4.78 is 6.27. The monoisotopic (exact) mass is 253 g/mol. The second-order valence-electron chi connectivity index (χ2n) is 5.38. The van der Waals surface area contributed by atoms with E-state index in [-0.39, 0.29) is 6.10 Å². The highest BCUT2D eigenvalue weighted by molar-refractivity contribution is 5.74. The molecule has 2 heteroatoms. The molecule has 2 nitrogen and oxygen atoms in total. The van der Waals surface area contributed by atoms with Gasteiger partial charge >= 0.3 is 0 Å². The molecule has 1 aromatic carbocycles. The summed E-state index contributed by atoms with van der Waals surface area (Å²) in [7, 11) is 0. The molecule has 1 heterocycles. The number of ether oxygens (including phenoxy) is 1. The number of hydrogen-bond donors (Lipinski definition) is 0. The first kappa shape index (κ1) is 12.2. The fourth-order valence-electron chi connectivity index (χ4n) is 2.71. The van der Waals surface area contributed by atoms with Gasteiger partial charge in [0.25, 0.3) is 0 Å². The SMILES string of the molecule is CC1CCC2=CC=NC=Cc3ccccc3OC2C1. The molecule has 2 aliphatic rings. The molecule has 0 saturated heterocycles. The van der Waals surface area contributed by atoms with E-state index in [1.807, 2.05) is 36.7 Å². The van der Waals surface area contributed by atoms with E-state index >= 15 is 0 Å².